The number of anilines is 1. The fourth-order valence-corrected chi connectivity index (χ4v) is 5.03. The van der Waals surface area contributed by atoms with Crippen LogP contribution in [-0.4, -0.2) is 28.3 Å². The summed E-state index contributed by atoms with van der Waals surface area (Å²) in [6, 6.07) is 3.44. The van der Waals surface area contributed by atoms with Gasteiger partial charge in [-0.1, -0.05) is 23.4 Å². The van der Waals surface area contributed by atoms with E-state index in [4.69, 9.17) is 16.3 Å². The third-order valence-corrected chi connectivity index (χ3v) is 7.14. The van der Waals surface area contributed by atoms with E-state index in [1.165, 1.54) is 30.2 Å². The number of hydrogen-bond acceptors (Lipinski definition) is 6. The molecule has 3 rings (SSSR count). The quantitative estimate of drug-likeness (QED) is 0.430. The number of benzene rings is 1. The van der Waals surface area contributed by atoms with E-state index in [0.717, 1.165) is 16.0 Å². The summed E-state index contributed by atoms with van der Waals surface area (Å²) in [5.41, 5.74) is 2.31. The van der Waals surface area contributed by atoms with Gasteiger partial charge in [-0.25, -0.2) is 4.98 Å². The topological polar surface area (TPSA) is 73.2 Å². The molecule has 29 heavy (non-hydrogen) atoms. The Balaban J connectivity index is 1.83. The van der Waals surface area contributed by atoms with Gasteiger partial charge in [-0.2, -0.15) is 0 Å². The summed E-state index contributed by atoms with van der Waals surface area (Å²) in [5, 5.41) is 4.63. The minimum atomic E-state index is -0.217. The molecule has 0 aliphatic heterocycles. The molecule has 1 amide bonds. The summed E-state index contributed by atoms with van der Waals surface area (Å²) in [4.78, 5) is 31.9. The lowest BCUT2D eigenvalue weighted by atomic mass is 10.2. The lowest BCUT2D eigenvalue weighted by Gasteiger charge is -2.13. The second-order valence-corrected chi connectivity index (χ2v) is 9.10. The molecule has 2 aromatic heterocycles. The minimum Gasteiger partial charge on any atom is -0.495 e. The highest BCUT2D eigenvalue weighted by atomic mass is 35.5. The van der Waals surface area contributed by atoms with Gasteiger partial charge in [-0.05, 0) is 44.9 Å². The van der Waals surface area contributed by atoms with Crippen molar-refractivity contribution in [2.24, 2.45) is 0 Å². The van der Waals surface area contributed by atoms with E-state index < -0.39 is 0 Å². The van der Waals surface area contributed by atoms with Gasteiger partial charge in [0.2, 0.25) is 5.91 Å². The van der Waals surface area contributed by atoms with Crippen LogP contribution in [0.5, 0.6) is 5.75 Å². The summed E-state index contributed by atoms with van der Waals surface area (Å²) in [6.07, 6.45) is 0. The van der Waals surface area contributed by atoms with Gasteiger partial charge >= 0.3 is 0 Å². The van der Waals surface area contributed by atoms with Gasteiger partial charge in [0.05, 0.1) is 23.9 Å². The first-order valence-electron chi connectivity index (χ1n) is 9.04. The molecule has 1 aromatic carbocycles. The highest BCUT2D eigenvalue weighted by Crippen LogP contribution is 2.32. The van der Waals surface area contributed by atoms with Crippen LogP contribution in [0.1, 0.15) is 22.9 Å². The Labute approximate surface area is 182 Å². The second kappa shape index (κ2) is 8.77. The SMILES string of the molecule is CCn1c(SCC(=O)Nc2cc(C)c(Cl)cc2OC)nc2sc(C)c(C)c2c1=O. The minimum absolute atomic E-state index is 0.0581. The molecular formula is C20H22ClN3O3S2. The van der Waals surface area contributed by atoms with E-state index >= 15 is 0 Å². The first-order chi connectivity index (χ1) is 13.8. The van der Waals surface area contributed by atoms with Crippen molar-refractivity contribution in [2.75, 3.05) is 18.2 Å². The van der Waals surface area contributed by atoms with Crippen LogP contribution in [0.15, 0.2) is 22.1 Å². The number of hydrogen-bond donors (Lipinski definition) is 1. The monoisotopic (exact) mass is 451 g/mol. The number of amides is 1. The maximum Gasteiger partial charge on any atom is 0.263 e. The maximum atomic E-state index is 12.9. The van der Waals surface area contributed by atoms with Crippen LogP contribution in [0.4, 0.5) is 5.69 Å². The average molecular weight is 452 g/mol. The molecule has 0 bridgehead atoms. The molecule has 3 aromatic rings. The van der Waals surface area contributed by atoms with E-state index in [2.05, 4.69) is 10.3 Å². The molecule has 0 radical (unpaired) electrons. The van der Waals surface area contributed by atoms with Crippen LogP contribution in [0.2, 0.25) is 5.02 Å². The number of methoxy groups -OCH3 is 1. The van der Waals surface area contributed by atoms with Gasteiger partial charge in [0.25, 0.3) is 5.56 Å². The lowest BCUT2D eigenvalue weighted by Crippen LogP contribution is -2.23. The molecule has 2 heterocycles. The Morgan fingerprint density at radius 1 is 1.34 bits per heavy atom. The molecule has 9 heteroatoms. The number of aryl methyl sites for hydroxylation is 3. The van der Waals surface area contributed by atoms with Gasteiger partial charge in [-0.3, -0.25) is 14.2 Å². The fourth-order valence-electron chi connectivity index (χ4n) is 2.94. The first-order valence-corrected chi connectivity index (χ1v) is 11.2. The Hall–Kier alpha value is -2.03. The number of nitrogens with one attached hydrogen (secondary N) is 1. The van der Waals surface area contributed by atoms with Crippen molar-refractivity contribution in [3.8, 4) is 5.75 Å². The van der Waals surface area contributed by atoms with Crippen LogP contribution in [0.25, 0.3) is 10.2 Å². The van der Waals surface area contributed by atoms with Gasteiger partial charge in [0.1, 0.15) is 10.6 Å². The summed E-state index contributed by atoms with van der Waals surface area (Å²) >= 11 is 8.86. The predicted molar refractivity (Wildman–Crippen MR) is 121 cm³/mol. The highest BCUT2D eigenvalue weighted by Gasteiger charge is 2.17. The second-order valence-electron chi connectivity index (χ2n) is 6.55. The smallest absolute Gasteiger partial charge is 0.263 e. The van der Waals surface area contributed by atoms with Gasteiger partial charge in [0, 0.05) is 22.5 Å². The number of rotatable bonds is 6. The molecule has 6 nitrogen and oxygen atoms in total. The van der Waals surface area contributed by atoms with Crippen molar-refractivity contribution in [1.29, 1.82) is 0 Å². The Bertz CT molecular complexity index is 1150. The van der Waals surface area contributed by atoms with Crippen LogP contribution in [-0.2, 0) is 11.3 Å². The largest absolute Gasteiger partial charge is 0.495 e. The Morgan fingerprint density at radius 3 is 2.72 bits per heavy atom. The number of aromatic nitrogens is 2. The molecular weight excluding hydrogens is 430 g/mol. The highest BCUT2D eigenvalue weighted by molar-refractivity contribution is 7.99. The number of ether oxygens (including phenoxy) is 1. The Kier molecular flexibility index (Phi) is 6.55. The van der Waals surface area contributed by atoms with Crippen molar-refractivity contribution in [2.45, 2.75) is 39.4 Å². The summed E-state index contributed by atoms with van der Waals surface area (Å²) in [6.45, 7) is 8.17. The molecule has 0 saturated carbocycles. The van der Waals surface area contributed by atoms with Crippen LogP contribution < -0.4 is 15.6 Å². The number of nitrogens with zero attached hydrogens (tertiary/aromatic N) is 2. The van der Waals surface area contributed by atoms with Crippen molar-refractivity contribution < 1.29 is 9.53 Å². The molecule has 0 aliphatic carbocycles. The van der Waals surface area contributed by atoms with E-state index in [9.17, 15) is 9.59 Å². The summed E-state index contributed by atoms with van der Waals surface area (Å²) in [7, 11) is 1.52. The summed E-state index contributed by atoms with van der Waals surface area (Å²) < 4.78 is 6.91. The number of thioether (sulfide) groups is 1. The lowest BCUT2D eigenvalue weighted by molar-refractivity contribution is -0.113. The van der Waals surface area contributed by atoms with Crippen LogP contribution in [0.3, 0.4) is 0 Å². The van der Waals surface area contributed by atoms with Crippen molar-refractivity contribution in [3.63, 3.8) is 0 Å². The summed E-state index contributed by atoms with van der Waals surface area (Å²) in [5.74, 6) is 0.394. The van der Waals surface area contributed by atoms with Gasteiger partial charge < -0.3 is 10.1 Å². The molecule has 1 N–H and O–H groups in total. The molecule has 0 atom stereocenters. The van der Waals surface area contributed by atoms with Gasteiger partial charge in [0.15, 0.2) is 5.16 Å². The van der Waals surface area contributed by atoms with Crippen LogP contribution in [0, 0.1) is 20.8 Å². The number of fused-ring (bicyclic) bond motifs is 1. The zero-order valence-corrected chi connectivity index (χ0v) is 19.3. The van der Waals surface area contributed by atoms with E-state index in [1.807, 2.05) is 27.7 Å². The van der Waals surface area contributed by atoms with Crippen molar-refractivity contribution in [3.05, 3.63) is 43.5 Å². The normalized spacial score (nSPS) is 11.1. The van der Waals surface area contributed by atoms with E-state index in [1.54, 1.807) is 16.7 Å². The third kappa shape index (κ3) is 4.29. The molecule has 0 saturated heterocycles. The number of thiophene rings is 1. The van der Waals surface area contributed by atoms with Crippen molar-refractivity contribution >= 4 is 56.5 Å². The molecule has 154 valence electrons. The zero-order chi connectivity index (χ0) is 21.3. The fraction of sp³-hybridized carbons (Fsp3) is 0.350. The molecule has 0 fully saturated rings. The van der Waals surface area contributed by atoms with E-state index in [-0.39, 0.29) is 17.2 Å². The van der Waals surface area contributed by atoms with E-state index in [0.29, 0.717) is 38.4 Å². The molecule has 0 spiro atoms. The number of carbonyl (C=O) groups is 1. The predicted octanol–water partition coefficient (Wildman–Crippen LogP) is 4.80. The zero-order valence-electron chi connectivity index (χ0n) is 16.9. The van der Waals surface area contributed by atoms with Crippen molar-refractivity contribution in [1.82, 2.24) is 9.55 Å². The number of carbonyl (C=O) groups excluding carboxylic acids is 1. The average Bonchev–Trinajstić information content (AvgIpc) is 2.96. The molecule has 0 aliphatic rings. The standard InChI is InChI=1S/C20H22ClN3O3S2/c1-6-24-19(26)17-11(3)12(4)29-18(17)23-20(24)28-9-16(25)22-14-7-10(2)13(21)8-15(14)27-5/h7-8H,6,9H2,1-5H3,(H,22,25). The van der Waals surface area contributed by atoms with Gasteiger partial charge in [-0.15, -0.1) is 11.3 Å². The maximum absolute atomic E-state index is 12.9. The Morgan fingerprint density at radius 2 is 2.07 bits per heavy atom. The van der Waals surface area contributed by atoms with Crippen LogP contribution >= 0.6 is 34.7 Å². The third-order valence-electron chi connectivity index (χ3n) is 4.66. The first kappa shape index (κ1) is 21.7. The molecule has 0 unspecified atom stereocenters. The number of halogens is 1.